The van der Waals surface area contributed by atoms with E-state index in [1.54, 1.807) is 55.5 Å². The molecule has 0 spiro atoms. The zero-order valence-corrected chi connectivity index (χ0v) is 21.8. The van der Waals surface area contributed by atoms with Crippen molar-refractivity contribution in [2.75, 3.05) is 19.1 Å². The Labute approximate surface area is 219 Å². The zero-order valence-electron chi connectivity index (χ0n) is 18.6. The van der Waals surface area contributed by atoms with Crippen molar-refractivity contribution in [2.24, 2.45) is 0 Å². The first kappa shape index (κ1) is 25.5. The van der Waals surface area contributed by atoms with E-state index in [4.69, 9.17) is 21.1 Å². The van der Waals surface area contributed by atoms with E-state index in [2.05, 4.69) is 21.2 Å². The fourth-order valence-electron chi connectivity index (χ4n) is 3.94. The molecule has 0 aromatic heterocycles. The number of benzene rings is 2. The number of ketones is 1. The molecule has 0 bridgehead atoms. The number of carbonyl (C=O) groups excluding carboxylic acids is 4. The molecule has 184 valence electrons. The highest BCUT2D eigenvalue weighted by Crippen LogP contribution is 2.51. The molecule has 4 atom stereocenters. The van der Waals surface area contributed by atoms with E-state index in [0.717, 1.165) is 4.47 Å². The Balaban J connectivity index is 1.36. The smallest absolute Gasteiger partial charge is 0.330 e. The van der Waals surface area contributed by atoms with E-state index in [0.29, 0.717) is 11.3 Å². The van der Waals surface area contributed by atoms with Crippen LogP contribution in [0.3, 0.4) is 0 Å². The quantitative estimate of drug-likeness (QED) is 0.210. The maximum atomic E-state index is 13.0. The normalized spacial score (nSPS) is 24.8. The number of thioether (sulfide) groups is 1. The van der Waals surface area contributed by atoms with Gasteiger partial charge in [0.2, 0.25) is 5.91 Å². The summed E-state index contributed by atoms with van der Waals surface area (Å²) < 4.78 is 10.7. The molecule has 2 amide bonds. The lowest BCUT2D eigenvalue weighted by molar-refractivity contribution is -0.163. The lowest BCUT2D eigenvalue weighted by Gasteiger charge is -2.43. The van der Waals surface area contributed by atoms with Crippen LogP contribution in [0.2, 0.25) is 0 Å². The Morgan fingerprint density at radius 2 is 1.80 bits per heavy atom. The number of Topliss-reactive ketones (excluding diaryl/α,β-unsaturated/α-hetero) is 1. The molecule has 1 N–H and O–H groups in total. The number of fused-ring (bicyclic) bond motifs is 1. The second-order valence-electron chi connectivity index (χ2n) is 8.29. The molecule has 2 aromatic carbocycles. The highest BCUT2D eigenvalue weighted by Gasteiger charge is 2.65. The molecule has 2 heterocycles. The van der Waals surface area contributed by atoms with Crippen molar-refractivity contribution < 1.29 is 28.7 Å². The fraction of sp³-hybridized carbons (Fsp3) is 0.333. The average Bonchev–Trinajstić information content (AvgIpc) is 3.15. The molecular weight excluding hydrogens is 560 g/mol. The molecule has 0 saturated carbocycles. The van der Waals surface area contributed by atoms with Crippen LogP contribution < -0.4 is 10.1 Å². The minimum atomic E-state index is -0.978. The van der Waals surface area contributed by atoms with Gasteiger partial charge >= 0.3 is 5.97 Å². The van der Waals surface area contributed by atoms with Gasteiger partial charge in [0.1, 0.15) is 23.2 Å². The number of nitrogens with zero attached hydrogens (tertiary/aromatic N) is 1. The van der Waals surface area contributed by atoms with Gasteiger partial charge in [0.15, 0.2) is 19.0 Å². The van der Waals surface area contributed by atoms with Gasteiger partial charge in [0.05, 0.1) is 4.75 Å². The molecule has 2 aromatic rings. The molecule has 0 radical (unpaired) electrons. The van der Waals surface area contributed by atoms with Crippen LogP contribution in [0, 0.1) is 0 Å². The van der Waals surface area contributed by atoms with Gasteiger partial charge < -0.3 is 19.7 Å². The number of amides is 2. The standard InChI is InChI=1S/C24H22BrClN2O6S/c1-24(13-26)20(23(32)34-11-17(29)14-7-9-15(25)10-8-14)28-21(31)19(22(28)35-24)27-18(30)12-33-16-5-3-2-4-6-16/h2-10,19-20,22H,11-13H2,1H3,(H,27,30)/t19-,20+,22-,24+/m1/s1. The largest absolute Gasteiger partial charge is 0.484 e. The van der Waals surface area contributed by atoms with Crippen LogP contribution in [-0.4, -0.2) is 69.8 Å². The van der Waals surface area contributed by atoms with Crippen molar-refractivity contribution in [1.29, 1.82) is 0 Å². The van der Waals surface area contributed by atoms with E-state index in [1.807, 2.05) is 6.07 Å². The van der Waals surface area contributed by atoms with Crippen molar-refractivity contribution in [3.05, 3.63) is 64.6 Å². The summed E-state index contributed by atoms with van der Waals surface area (Å²) in [5.41, 5.74) is 0.403. The predicted molar refractivity (Wildman–Crippen MR) is 134 cm³/mol. The van der Waals surface area contributed by atoms with Crippen LogP contribution in [-0.2, 0) is 19.1 Å². The number of ether oxygens (including phenoxy) is 2. The summed E-state index contributed by atoms with van der Waals surface area (Å²) in [6.07, 6.45) is 0. The topological polar surface area (TPSA) is 102 Å². The Hall–Kier alpha value is -2.56. The number of β-lactam (4-membered cyclic amide) rings is 1. The van der Waals surface area contributed by atoms with Gasteiger partial charge in [-0.25, -0.2) is 4.79 Å². The SMILES string of the molecule is C[C@@]1(CCl)S[C@@H]2[C@H](NC(=O)COc3ccccc3)C(=O)N2[C@H]1C(=O)OCC(=O)c1ccc(Br)cc1. The number of halogens is 2. The first-order chi connectivity index (χ1) is 16.7. The fourth-order valence-corrected chi connectivity index (χ4v) is 6.15. The summed E-state index contributed by atoms with van der Waals surface area (Å²) in [4.78, 5) is 52.0. The summed E-state index contributed by atoms with van der Waals surface area (Å²) in [5.74, 6) is -1.33. The summed E-state index contributed by atoms with van der Waals surface area (Å²) >= 11 is 10.8. The van der Waals surface area contributed by atoms with Gasteiger partial charge in [-0.05, 0) is 31.2 Å². The third-order valence-corrected chi connectivity index (χ3v) is 8.65. The van der Waals surface area contributed by atoms with Gasteiger partial charge in [0, 0.05) is 15.9 Å². The summed E-state index contributed by atoms with van der Waals surface area (Å²) in [6, 6.07) is 13.7. The Bertz CT molecular complexity index is 1130. The van der Waals surface area contributed by atoms with E-state index in [1.165, 1.54) is 16.7 Å². The lowest BCUT2D eigenvalue weighted by Crippen LogP contribution is -2.71. The summed E-state index contributed by atoms with van der Waals surface area (Å²) in [7, 11) is 0. The molecule has 8 nitrogen and oxygen atoms in total. The number of hydrogen-bond acceptors (Lipinski definition) is 7. The molecule has 2 fully saturated rings. The Kier molecular flexibility index (Phi) is 7.73. The first-order valence-corrected chi connectivity index (χ1v) is 12.9. The van der Waals surface area contributed by atoms with Crippen LogP contribution in [0.4, 0.5) is 0 Å². The van der Waals surface area contributed by atoms with E-state index in [9.17, 15) is 19.2 Å². The van der Waals surface area contributed by atoms with Gasteiger partial charge in [-0.1, -0.05) is 46.3 Å². The molecule has 2 saturated heterocycles. The minimum Gasteiger partial charge on any atom is -0.484 e. The van der Waals surface area contributed by atoms with E-state index < -0.39 is 46.6 Å². The molecule has 0 unspecified atom stereocenters. The van der Waals surface area contributed by atoms with Crippen LogP contribution in [0.15, 0.2) is 59.1 Å². The zero-order chi connectivity index (χ0) is 25.2. The van der Waals surface area contributed by atoms with Gasteiger partial charge in [-0.2, -0.15) is 0 Å². The third-order valence-electron chi connectivity index (χ3n) is 5.76. The van der Waals surface area contributed by atoms with Crippen molar-refractivity contribution >= 4 is 62.9 Å². The maximum absolute atomic E-state index is 13.0. The van der Waals surface area contributed by atoms with E-state index >= 15 is 0 Å². The van der Waals surface area contributed by atoms with Crippen molar-refractivity contribution in [3.63, 3.8) is 0 Å². The Morgan fingerprint density at radius 1 is 1.11 bits per heavy atom. The molecule has 2 aliphatic rings. The van der Waals surface area contributed by atoms with Crippen LogP contribution in [0.5, 0.6) is 5.75 Å². The summed E-state index contributed by atoms with van der Waals surface area (Å²) in [5, 5.41) is 2.20. The molecule has 2 aliphatic heterocycles. The minimum absolute atomic E-state index is 0.0656. The number of rotatable bonds is 9. The first-order valence-electron chi connectivity index (χ1n) is 10.7. The number of carbonyl (C=O) groups is 4. The summed E-state index contributed by atoms with van der Waals surface area (Å²) in [6.45, 7) is 1.06. The highest BCUT2D eigenvalue weighted by atomic mass is 79.9. The second-order valence-corrected chi connectivity index (χ2v) is 11.1. The molecular formula is C24H22BrClN2O6S. The Morgan fingerprint density at radius 3 is 2.46 bits per heavy atom. The third kappa shape index (κ3) is 5.34. The van der Waals surface area contributed by atoms with Gasteiger partial charge in [-0.15, -0.1) is 23.4 Å². The maximum Gasteiger partial charge on any atom is 0.330 e. The van der Waals surface area contributed by atoms with Crippen LogP contribution in [0.25, 0.3) is 0 Å². The number of alkyl halides is 1. The lowest BCUT2D eigenvalue weighted by atomic mass is 9.95. The van der Waals surface area contributed by atoms with Crippen LogP contribution in [0.1, 0.15) is 17.3 Å². The van der Waals surface area contributed by atoms with Gasteiger partial charge in [0.25, 0.3) is 5.91 Å². The number of esters is 1. The molecule has 4 rings (SSSR count). The van der Waals surface area contributed by atoms with E-state index in [-0.39, 0.29) is 18.3 Å². The number of hydrogen-bond donors (Lipinski definition) is 1. The average molecular weight is 582 g/mol. The second kappa shape index (κ2) is 10.6. The molecule has 35 heavy (non-hydrogen) atoms. The van der Waals surface area contributed by atoms with Crippen molar-refractivity contribution in [2.45, 2.75) is 29.1 Å². The highest BCUT2D eigenvalue weighted by molar-refractivity contribution is 9.10. The number of nitrogens with one attached hydrogen (secondary N) is 1. The van der Waals surface area contributed by atoms with Crippen LogP contribution >= 0.6 is 39.3 Å². The van der Waals surface area contributed by atoms with Crippen molar-refractivity contribution in [3.8, 4) is 5.75 Å². The molecule has 11 heteroatoms. The molecule has 0 aliphatic carbocycles. The monoisotopic (exact) mass is 580 g/mol. The van der Waals surface area contributed by atoms with Gasteiger partial charge in [-0.3, -0.25) is 14.4 Å². The van der Waals surface area contributed by atoms with Crippen molar-refractivity contribution in [1.82, 2.24) is 10.2 Å². The predicted octanol–water partition coefficient (Wildman–Crippen LogP) is 3.02. The number of para-hydroxylation sites is 1.